The first-order valence-corrected chi connectivity index (χ1v) is 5.89. The summed E-state index contributed by atoms with van der Waals surface area (Å²) >= 11 is 0. The van der Waals surface area contributed by atoms with Crippen molar-refractivity contribution < 1.29 is 13.9 Å². The molecule has 2 rings (SSSR count). The van der Waals surface area contributed by atoms with Gasteiger partial charge in [-0.1, -0.05) is 30.3 Å². The van der Waals surface area contributed by atoms with Crippen molar-refractivity contribution in [3.63, 3.8) is 0 Å². The van der Waals surface area contributed by atoms with Gasteiger partial charge in [-0.15, -0.1) is 0 Å². The van der Waals surface area contributed by atoms with E-state index in [4.69, 9.17) is 10.5 Å². The highest BCUT2D eigenvalue weighted by molar-refractivity contribution is 5.90. The number of carbonyl (C=O) groups excluding carboxylic acids is 1. The molecule has 2 aromatic carbocycles. The molecule has 0 saturated carbocycles. The Morgan fingerprint density at radius 3 is 2.53 bits per heavy atom. The Morgan fingerprint density at radius 1 is 1.21 bits per heavy atom. The monoisotopic (exact) mass is 259 g/mol. The third kappa shape index (κ3) is 3.10. The fourth-order valence-electron chi connectivity index (χ4n) is 1.71. The quantitative estimate of drug-likeness (QED) is 0.679. The number of ether oxygens (including phenoxy) is 1. The zero-order valence-electron chi connectivity index (χ0n) is 10.5. The Morgan fingerprint density at radius 2 is 1.89 bits per heavy atom. The van der Waals surface area contributed by atoms with E-state index in [0.717, 1.165) is 11.6 Å². The summed E-state index contributed by atoms with van der Waals surface area (Å²) < 4.78 is 18.8. The Labute approximate surface area is 110 Å². The maximum Gasteiger partial charge on any atom is 0.341 e. The van der Waals surface area contributed by atoms with E-state index < -0.39 is 17.9 Å². The van der Waals surface area contributed by atoms with Crippen LogP contribution in [0.15, 0.2) is 48.5 Å². The van der Waals surface area contributed by atoms with Crippen LogP contribution in [0.4, 0.5) is 10.1 Å². The van der Waals surface area contributed by atoms with Crippen LogP contribution in [0.5, 0.6) is 0 Å². The van der Waals surface area contributed by atoms with Crippen LogP contribution in [0.1, 0.15) is 28.9 Å². The van der Waals surface area contributed by atoms with Gasteiger partial charge in [0.25, 0.3) is 0 Å². The topological polar surface area (TPSA) is 52.3 Å². The highest BCUT2D eigenvalue weighted by Crippen LogP contribution is 2.20. The Kier molecular flexibility index (Phi) is 3.80. The molecule has 0 spiro atoms. The lowest BCUT2D eigenvalue weighted by Gasteiger charge is -2.13. The molecule has 0 aliphatic rings. The van der Waals surface area contributed by atoms with E-state index in [1.165, 1.54) is 12.1 Å². The van der Waals surface area contributed by atoms with Crippen molar-refractivity contribution in [2.45, 2.75) is 13.0 Å². The average Bonchev–Trinajstić information content (AvgIpc) is 2.39. The number of halogens is 1. The van der Waals surface area contributed by atoms with Gasteiger partial charge in [-0.25, -0.2) is 9.18 Å². The summed E-state index contributed by atoms with van der Waals surface area (Å²) in [6.45, 7) is 1.74. The molecular formula is C15H14FNO2. The summed E-state index contributed by atoms with van der Waals surface area (Å²) in [5.41, 5.74) is 6.44. The van der Waals surface area contributed by atoms with Gasteiger partial charge in [0.05, 0.1) is 5.56 Å². The summed E-state index contributed by atoms with van der Waals surface area (Å²) in [6, 6.07) is 13.2. The third-order valence-corrected chi connectivity index (χ3v) is 2.77. The lowest BCUT2D eigenvalue weighted by atomic mass is 10.1. The molecule has 0 amide bonds. The SMILES string of the molecule is CC(OC(=O)c1ccc(N)cc1F)c1ccccc1. The van der Waals surface area contributed by atoms with Gasteiger partial charge in [0.15, 0.2) is 0 Å². The highest BCUT2D eigenvalue weighted by Gasteiger charge is 2.17. The van der Waals surface area contributed by atoms with Crippen LogP contribution in [0, 0.1) is 5.82 Å². The second-order valence-electron chi connectivity index (χ2n) is 4.20. The summed E-state index contributed by atoms with van der Waals surface area (Å²) in [6.07, 6.45) is -0.439. The van der Waals surface area contributed by atoms with E-state index in [9.17, 15) is 9.18 Å². The predicted molar refractivity (Wildman–Crippen MR) is 71.1 cm³/mol. The summed E-state index contributed by atoms with van der Waals surface area (Å²) in [5, 5.41) is 0. The molecule has 0 aliphatic carbocycles. The van der Waals surface area contributed by atoms with Crippen molar-refractivity contribution in [2.75, 3.05) is 5.73 Å². The van der Waals surface area contributed by atoms with Gasteiger partial charge >= 0.3 is 5.97 Å². The zero-order chi connectivity index (χ0) is 13.8. The molecule has 98 valence electrons. The van der Waals surface area contributed by atoms with Gasteiger partial charge in [-0.2, -0.15) is 0 Å². The largest absolute Gasteiger partial charge is 0.454 e. The number of esters is 1. The fraction of sp³-hybridized carbons (Fsp3) is 0.133. The molecule has 2 N–H and O–H groups in total. The number of rotatable bonds is 3. The predicted octanol–water partition coefficient (Wildman–Crippen LogP) is 3.33. The van der Waals surface area contributed by atoms with Gasteiger partial charge in [-0.3, -0.25) is 0 Å². The molecule has 0 radical (unpaired) electrons. The second kappa shape index (κ2) is 5.52. The first-order chi connectivity index (χ1) is 9.08. The first-order valence-electron chi connectivity index (χ1n) is 5.89. The van der Waals surface area contributed by atoms with Gasteiger partial charge in [0, 0.05) is 5.69 Å². The third-order valence-electron chi connectivity index (χ3n) is 2.77. The van der Waals surface area contributed by atoms with E-state index in [0.29, 0.717) is 0 Å². The second-order valence-corrected chi connectivity index (χ2v) is 4.20. The standard InChI is InChI=1S/C15H14FNO2/c1-10(11-5-3-2-4-6-11)19-15(18)13-8-7-12(17)9-14(13)16/h2-10H,17H2,1H3. The van der Waals surface area contributed by atoms with Crippen LogP contribution in [0.25, 0.3) is 0 Å². The molecule has 0 bridgehead atoms. The number of hydrogen-bond donors (Lipinski definition) is 1. The molecule has 0 aliphatic heterocycles. The number of hydrogen-bond acceptors (Lipinski definition) is 3. The van der Waals surface area contributed by atoms with Crippen LogP contribution in [0.2, 0.25) is 0 Å². The zero-order valence-corrected chi connectivity index (χ0v) is 10.5. The molecule has 0 saturated heterocycles. The van der Waals surface area contributed by atoms with Crippen molar-refractivity contribution in [3.8, 4) is 0 Å². The van der Waals surface area contributed by atoms with Crippen molar-refractivity contribution in [2.24, 2.45) is 0 Å². The van der Waals surface area contributed by atoms with E-state index in [1.54, 1.807) is 6.92 Å². The van der Waals surface area contributed by atoms with Crippen molar-refractivity contribution >= 4 is 11.7 Å². The summed E-state index contributed by atoms with van der Waals surface area (Å²) in [4.78, 5) is 11.9. The Bertz CT molecular complexity index is 584. The van der Waals surface area contributed by atoms with Crippen molar-refractivity contribution in [1.29, 1.82) is 0 Å². The van der Waals surface area contributed by atoms with E-state index in [2.05, 4.69) is 0 Å². The number of benzene rings is 2. The number of nitrogens with two attached hydrogens (primary N) is 1. The molecule has 0 aromatic heterocycles. The van der Waals surface area contributed by atoms with Crippen LogP contribution in [-0.2, 0) is 4.74 Å². The number of nitrogen functional groups attached to an aromatic ring is 1. The molecular weight excluding hydrogens is 245 g/mol. The highest BCUT2D eigenvalue weighted by atomic mass is 19.1. The van der Waals surface area contributed by atoms with Gasteiger partial charge in [-0.05, 0) is 30.7 Å². The van der Waals surface area contributed by atoms with Crippen LogP contribution in [-0.4, -0.2) is 5.97 Å². The van der Waals surface area contributed by atoms with E-state index >= 15 is 0 Å². The van der Waals surface area contributed by atoms with Crippen LogP contribution in [0.3, 0.4) is 0 Å². The van der Waals surface area contributed by atoms with Gasteiger partial charge in [0.1, 0.15) is 11.9 Å². The minimum absolute atomic E-state index is 0.114. The first kappa shape index (κ1) is 13.1. The smallest absolute Gasteiger partial charge is 0.341 e. The number of carbonyl (C=O) groups is 1. The maximum atomic E-state index is 13.6. The molecule has 4 heteroatoms. The van der Waals surface area contributed by atoms with Crippen molar-refractivity contribution in [3.05, 3.63) is 65.5 Å². The lowest BCUT2D eigenvalue weighted by Crippen LogP contribution is -2.11. The minimum atomic E-state index is -0.700. The molecule has 0 fully saturated rings. The Balaban J connectivity index is 2.13. The molecule has 2 aromatic rings. The minimum Gasteiger partial charge on any atom is -0.454 e. The molecule has 1 unspecified atom stereocenters. The van der Waals surface area contributed by atoms with Crippen LogP contribution >= 0.6 is 0 Å². The molecule has 0 heterocycles. The van der Waals surface area contributed by atoms with Gasteiger partial charge in [0.2, 0.25) is 0 Å². The van der Waals surface area contributed by atoms with Crippen molar-refractivity contribution in [1.82, 2.24) is 0 Å². The number of anilines is 1. The summed E-state index contributed by atoms with van der Waals surface area (Å²) in [7, 11) is 0. The average molecular weight is 259 g/mol. The van der Waals surface area contributed by atoms with E-state index in [1.807, 2.05) is 30.3 Å². The Hall–Kier alpha value is -2.36. The molecule has 1 atom stereocenters. The maximum absolute atomic E-state index is 13.6. The van der Waals surface area contributed by atoms with Crippen LogP contribution < -0.4 is 5.73 Å². The summed E-state index contributed by atoms with van der Waals surface area (Å²) in [5.74, 6) is -1.38. The molecule has 3 nitrogen and oxygen atoms in total. The molecule has 19 heavy (non-hydrogen) atoms. The lowest BCUT2D eigenvalue weighted by molar-refractivity contribution is 0.0332. The fourth-order valence-corrected chi connectivity index (χ4v) is 1.71. The van der Waals surface area contributed by atoms with E-state index in [-0.39, 0.29) is 11.3 Å². The van der Waals surface area contributed by atoms with Gasteiger partial charge < -0.3 is 10.5 Å². The normalized spacial score (nSPS) is 11.9.